The van der Waals surface area contributed by atoms with Crippen LogP contribution in [0.4, 0.5) is 24.5 Å². The second-order valence-electron chi connectivity index (χ2n) is 10.9. The first-order valence-corrected chi connectivity index (χ1v) is 15.2. The summed E-state index contributed by atoms with van der Waals surface area (Å²) < 4.78 is 66.9. The number of hydrogen-bond donors (Lipinski definition) is 2. The molecule has 0 saturated carbocycles. The normalized spacial score (nSPS) is 18.0. The van der Waals surface area contributed by atoms with Crippen molar-refractivity contribution in [2.75, 3.05) is 38.4 Å². The van der Waals surface area contributed by atoms with Crippen molar-refractivity contribution >= 4 is 28.7 Å². The zero-order valence-electron chi connectivity index (χ0n) is 25.0. The van der Waals surface area contributed by atoms with Gasteiger partial charge in [0.25, 0.3) is 0 Å². The molecule has 1 aliphatic rings. The summed E-state index contributed by atoms with van der Waals surface area (Å²) in [6.45, 7) is 6.62. The number of carbonyl (C=O) groups excluding carboxylic acids is 1. The Morgan fingerprint density at radius 2 is 1.93 bits per heavy atom. The second kappa shape index (κ2) is 13.5. The Balaban J connectivity index is 1.73. The van der Waals surface area contributed by atoms with Gasteiger partial charge < -0.3 is 25.1 Å². The lowest BCUT2D eigenvalue weighted by Gasteiger charge is -2.26. The zero-order chi connectivity index (χ0) is 31.5. The number of benzene rings is 3. The van der Waals surface area contributed by atoms with Gasteiger partial charge in [0.2, 0.25) is 0 Å². The van der Waals surface area contributed by atoms with Crippen molar-refractivity contribution in [3.63, 3.8) is 0 Å². The van der Waals surface area contributed by atoms with Crippen LogP contribution in [0.3, 0.4) is 0 Å². The van der Waals surface area contributed by atoms with Crippen LogP contribution in [0, 0.1) is 12.8 Å². The summed E-state index contributed by atoms with van der Waals surface area (Å²) in [5.74, 6) is -0.193. The molecule has 3 aromatic rings. The maximum absolute atomic E-state index is 13.8. The van der Waals surface area contributed by atoms with Gasteiger partial charge in [-0.05, 0) is 66.6 Å². The third-order valence-electron chi connectivity index (χ3n) is 7.73. The molecule has 1 heterocycles. The van der Waals surface area contributed by atoms with E-state index in [4.69, 9.17) is 15.2 Å². The highest BCUT2D eigenvalue weighted by Crippen LogP contribution is 2.40. The number of ether oxygens (including phenoxy) is 2. The van der Waals surface area contributed by atoms with E-state index in [-0.39, 0.29) is 36.4 Å². The largest absolute Gasteiger partial charge is 0.593 e. The summed E-state index contributed by atoms with van der Waals surface area (Å²) in [6, 6.07) is 13.0. The third-order valence-corrected chi connectivity index (χ3v) is 9.23. The Labute approximate surface area is 253 Å². The highest BCUT2D eigenvalue weighted by atomic mass is 32.2. The number of halogens is 3. The number of alkyl halides is 3. The molecule has 3 aromatic carbocycles. The molecule has 0 bridgehead atoms. The van der Waals surface area contributed by atoms with Gasteiger partial charge in [0.15, 0.2) is 4.90 Å². The molecular formula is C32H38F3N3O4S. The Bertz CT molecular complexity index is 1470. The van der Waals surface area contributed by atoms with Crippen molar-refractivity contribution in [2.45, 2.75) is 57.1 Å². The van der Waals surface area contributed by atoms with Gasteiger partial charge in [-0.3, -0.25) is 4.79 Å². The summed E-state index contributed by atoms with van der Waals surface area (Å²) in [7, 11) is 3.29. The smallest absolute Gasteiger partial charge is 0.416 e. The van der Waals surface area contributed by atoms with Crippen LogP contribution in [-0.4, -0.2) is 42.1 Å². The van der Waals surface area contributed by atoms with Crippen LogP contribution in [0.5, 0.6) is 5.75 Å². The van der Waals surface area contributed by atoms with Gasteiger partial charge in [0.1, 0.15) is 5.75 Å². The SMILES string of the molecule is CCOC(=O)CC(c1ccc(C)c(CN2C[C@@H](C)Cc3ccc(C(F)(F)F)cc3[S+]2[O-])c1)c1cc(N)c(NC)c(OC)c1. The summed E-state index contributed by atoms with van der Waals surface area (Å²) in [6.07, 6.45) is -3.95. The van der Waals surface area contributed by atoms with Crippen LogP contribution >= 0.6 is 0 Å². The molecule has 11 heteroatoms. The van der Waals surface area contributed by atoms with Crippen molar-refractivity contribution in [1.29, 1.82) is 0 Å². The van der Waals surface area contributed by atoms with Gasteiger partial charge in [-0.25, -0.2) is 0 Å². The molecule has 3 N–H and O–H groups in total. The molecule has 43 heavy (non-hydrogen) atoms. The van der Waals surface area contributed by atoms with E-state index in [9.17, 15) is 22.5 Å². The van der Waals surface area contributed by atoms with Gasteiger partial charge in [0, 0.05) is 31.1 Å². The van der Waals surface area contributed by atoms with Crippen LogP contribution in [0.1, 0.15) is 59.6 Å². The Hall–Kier alpha value is -3.41. The summed E-state index contributed by atoms with van der Waals surface area (Å²) in [5.41, 5.74) is 10.7. The number of anilines is 2. The van der Waals surface area contributed by atoms with E-state index in [0.717, 1.165) is 34.4 Å². The summed E-state index contributed by atoms with van der Waals surface area (Å²) in [4.78, 5) is 12.9. The molecule has 232 valence electrons. The van der Waals surface area contributed by atoms with Gasteiger partial charge in [-0.15, -0.1) is 4.31 Å². The molecule has 1 aliphatic heterocycles. The second-order valence-corrected chi connectivity index (χ2v) is 12.3. The Kier molecular flexibility index (Phi) is 10.2. The lowest BCUT2D eigenvalue weighted by atomic mass is 9.86. The molecule has 2 unspecified atom stereocenters. The predicted molar refractivity (Wildman–Crippen MR) is 162 cm³/mol. The van der Waals surface area contributed by atoms with Crippen molar-refractivity contribution in [3.8, 4) is 5.75 Å². The van der Waals surface area contributed by atoms with Gasteiger partial charge in [-0.2, -0.15) is 13.2 Å². The van der Waals surface area contributed by atoms with Crippen LogP contribution in [0.15, 0.2) is 53.4 Å². The fourth-order valence-corrected chi connectivity index (χ4v) is 7.08. The number of esters is 1. The maximum Gasteiger partial charge on any atom is 0.416 e. The van der Waals surface area contributed by atoms with E-state index < -0.39 is 29.0 Å². The van der Waals surface area contributed by atoms with Crippen LogP contribution in [0.2, 0.25) is 0 Å². The molecule has 0 radical (unpaired) electrons. The average molecular weight is 618 g/mol. The number of aryl methyl sites for hydroxylation is 1. The minimum Gasteiger partial charge on any atom is -0.593 e. The van der Waals surface area contributed by atoms with Crippen LogP contribution in [-0.2, 0) is 40.0 Å². The van der Waals surface area contributed by atoms with Gasteiger partial charge in [-0.1, -0.05) is 31.2 Å². The van der Waals surface area contributed by atoms with E-state index in [1.54, 1.807) is 31.5 Å². The fourth-order valence-electron chi connectivity index (χ4n) is 5.55. The number of nitrogens with zero attached hydrogens (tertiary/aromatic N) is 1. The predicted octanol–water partition coefficient (Wildman–Crippen LogP) is 6.45. The number of hydrogen-bond acceptors (Lipinski definition) is 7. The standard InChI is InChI=1S/C32H38F3N3O4S/c1-6-42-30(39)16-26(23-13-27(36)31(37-4)28(14-23)41-5)21-8-7-20(3)24(12-21)18-38-17-19(2)11-22-9-10-25(32(33,34)35)15-29(22)43(38)40/h7-10,12-15,19,26,37H,6,11,16-18,36H2,1-5H3/t19-,26?,43?/m0/s1. The monoisotopic (exact) mass is 617 g/mol. The first-order valence-electron chi connectivity index (χ1n) is 14.1. The number of nitrogens with one attached hydrogen (secondary N) is 1. The van der Waals surface area contributed by atoms with E-state index in [2.05, 4.69) is 5.32 Å². The minimum absolute atomic E-state index is 0.0537. The topological polar surface area (TPSA) is 99.9 Å². The summed E-state index contributed by atoms with van der Waals surface area (Å²) >= 11 is -1.80. The molecular weight excluding hydrogens is 579 g/mol. The molecule has 0 aliphatic carbocycles. The minimum atomic E-state index is -4.53. The van der Waals surface area contributed by atoms with Crippen LogP contribution in [0.25, 0.3) is 0 Å². The Morgan fingerprint density at radius 3 is 2.58 bits per heavy atom. The number of carbonyl (C=O) groups is 1. The quantitative estimate of drug-likeness (QED) is 0.162. The molecule has 3 atom stereocenters. The molecule has 0 aromatic heterocycles. The van der Waals surface area contributed by atoms with Crippen molar-refractivity contribution in [3.05, 3.63) is 81.9 Å². The van der Waals surface area contributed by atoms with Gasteiger partial charge in [0.05, 0.1) is 55.0 Å². The number of rotatable bonds is 9. The van der Waals surface area contributed by atoms with E-state index in [1.807, 2.05) is 38.1 Å². The zero-order valence-corrected chi connectivity index (χ0v) is 25.8. The number of nitrogen functional groups attached to an aromatic ring is 1. The number of nitrogens with two attached hydrogens (primary N) is 1. The highest BCUT2D eigenvalue weighted by Gasteiger charge is 2.37. The highest BCUT2D eigenvalue weighted by molar-refractivity contribution is 7.89. The molecule has 0 amide bonds. The lowest BCUT2D eigenvalue weighted by Crippen LogP contribution is -2.33. The molecule has 0 fully saturated rings. The third kappa shape index (κ3) is 7.39. The average Bonchev–Trinajstić information content (AvgIpc) is 3.06. The van der Waals surface area contributed by atoms with E-state index in [0.29, 0.717) is 35.7 Å². The van der Waals surface area contributed by atoms with Crippen LogP contribution < -0.4 is 15.8 Å². The van der Waals surface area contributed by atoms with Crippen molar-refractivity contribution < 1.29 is 32.0 Å². The summed E-state index contributed by atoms with van der Waals surface area (Å²) in [5, 5.41) is 3.04. The first-order chi connectivity index (χ1) is 20.4. The number of methoxy groups -OCH3 is 1. The van der Waals surface area contributed by atoms with Crippen molar-refractivity contribution in [2.24, 2.45) is 5.92 Å². The molecule has 0 saturated heterocycles. The van der Waals surface area contributed by atoms with Crippen molar-refractivity contribution in [1.82, 2.24) is 4.31 Å². The van der Waals surface area contributed by atoms with E-state index in [1.165, 1.54) is 6.07 Å². The Morgan fingerprint density at radius 1 is 1.19 bits per heavy atom. The van der Waals surface area contributed by atoms with Gasteiger partial charge >= 0.3 is 12.1 Å². The maximum atomic E-state index is 13.8. The molecule has 0 spiro atoms. The molecule has 4 rings (SSSR count). The lowest BCUT2D eigenvalue weighted by molar-refractivity contribution is -0.143. The molecule has 7 nitrogen and oxygen atoms in total. The fraction of sp³-hybridized carbons (Fsp3) is 0.406. The first kappa shape index (κ1) is 32.5. The van der Waals surface area contributed by atoms with E-state index >= 15 is 0 Å². The number of fused-ring (bicyclic) bond motifs is 1.